The average molecular weight is 217 g/mol. The molecule has 1 heterocycles. The normalized spacial score (nSPS) is 10.6. The molecule has 0 bridgehead atoms. The summed E-state index contributed by atoms with van der Waals surface area (Å²) in [5.41, 5.74) is 7.63. The fraction of sp³-hybridized carbons (Fsp3) is 0.250. The number of nitrogens with zero attached hydrogens (tertiary/aromatic N) is 1. The highest BCUT2D eigenvalue weighted by Crippen LogP contribution is 2.09. The minimum Gasteiger partial charge on any atom is -0.384 e. The number of aromatic nitrogens is 2. The zero-order valence-electron chi connectivity index (χ0n) is 9.23. The number of aromatic amines is 1. The number of benzene rings is 1. The van der Waals surface area contributed by atoms with Gasteiger partial charge in [-0.25, -0.2) is 4.79 Å². The van der Waals surface area contributed by atoms with Gasteiger partial charge >= 0.3 is 5.69 Å². The number of hydrogen-bond donors (Lipinski definition) is 2. The molecule has 0 saturated carbocycles. The second-order valence-electron chi connectivity index (χ2n) is 3.72. The molecule has 84 valence electrons. The molecule has 1 aromatic carbocycles. The summed E-state index contributed by atoms with van der Waals surface area (Å²) in [4.78, 5) is 14.4. The lowest BCUT2D eigenvalue weighted by Gasteiger charge is -2.04. The van der Waals surface area contributed by atoms with Crippen molar-refractivity contribution in [3.63, 3.8) is 0 Å². The monoisotopic (exact) mass is 217 g/mol. The van der Waals surface area contributed by atoms with Crippen LogP contribution in [0.3, 0.4) is 0 Å². The van der Waals surface area contributed by atoms with Gasteiger partial charge in [0.25, 0.3) is 0 Å². The first-order chi connectivity index (χ1) is 7.72. The van der Waals surface area contributed by atoms with Gasteiger partial charge in [0.2, 0.25) is 0 Å². The van der Waals surface area contributed by atoms with E-state index in [0.717, 1.165) is 17.7 Å². The topological polar surface area (TPSA) is 63.8 Å². The Morgan fingerprint density at radius 3 is 2.56 bits per heavy atom. The van der Waals surface area contributed by atoms with Crippen molar-refractivity contribution in [3.05, 3.63) is 52.1 Å². The molecule has 0 unspecified atom stereocenters. The summed E-state index contributed by atoms with van der Waals surface area (Å²) in [5.74, 6) is 0.538. The first kappa shape index (κ1) is 10.5. The molecule has 0 spiro atoms. The second-order valence-corrected chi connectivity index (χ2v) is 3.72. The number of nitrogens with one attached hydrogen (secondary N) is 1. The number of rotatable bonds is 3. The Bertz CT molecular complexity index is 525. The van der Waals surface area contributed by atoms with E-state index in [2.05, 4.69) is 4.98 Å². The Morgan fingerprint density at radius 2 is 2.00 bits per heavy atom. The third-order valence-corrected chi connectivity index (χ3v) is 2.64. The van der Waals surface area contributed by atoms with Crippen LogP contribution in [0.15, 0.2) is 35.1 Å². The van der Waals surface area contributed by atoms with E-state index in [1.54, 1.807) is 4.57 Å². The Balaban J connectivity index is 2.35. The van der Waals surface area contributed by atoms with Crippen molar-refractivity contribution >= 4 is 5.82 Å². The lowest BCUT2D eigenvalue weighted by molar-refractivity contribution is 0.772. The zero-order chi connectivity index (χ0) is 11.5. The van der Waals surface area contributed by atoms with E-state index in [1.165, 1.54) is 0 Å². The summed E-state index contributed by atoms with van der Waals surface area (Å²) >= 11 is 0. The van der Waals surface area contributed by atoms with Crippen LogP contribution in [0.1, 0.15) is 18.2 Å². The molecule has 2 aromatic rings. The van der Waals surface area contributed by atoms with E-state index in [4.69, 9.17) is 5.73 Å². The van der Waals surface area contributed by atoms with Crippen LogP contribution in [0, 0.1) is 0 Å². The molecule has 4 heteroatoms. The smallest absolute Gasteiger partial charge is 0.327 e. The van der Waals surface area contributed by atoms with Crippen molar-refractivity contribution in [2.24, 2.45) is 0 Å². The molecule has 1 aromatic heterocycles. The Morgan fingerprint density at radius 1 is 1.31 bits per heavy atom. The number of aryl methyl sites for hydroxylation is 1. The Kier molecular flexibility index (Phi) is 2.81. The van der Waals surface area contributed by atoms with Crippen LogP contribution in [-0.4, -0.2) is 9.55 Å². The van der Waals surface area contributed by atoms with Crippen LogP contribution >= 0.6 is 0 Å². The molecule has 0 fully saturated rings. The maximum Gasteiger partial charge on any atom is 0.327 e. The van der Waals surface area contributed by atoms with E-state index in [1.807, 2.05) is 37.3 Å². The molecular formula is C12H15N3O. The van der Waals surface area contributed by atoms with Crippen LogP contribution in [-0.2, 0) is 13.0 Å². The van der Waals surface area contributed by atoms with Crippen LogP contribution in [0.4, 0.5) is 5.82 Å². The molecule has 16 heavy (non-hydrogen) atoms. The van der Waals surface area contributed by atoms with E-state index in [9.17, 15) is 4.79 Å². The number of nitrogens with two attached hydrogens (primary N) is 1. The van der Waals surface area contributed by atoms with Crippen LogP contribution in [0.5, 0.6) is 0 Å². The lowest BCUT2D eigenvalue weighted by atomic mass is 10.2. The van der Waals surface area contributed by atoms with Crippen molar-refractivity contribution in [1.82, 2.24) is 9.55 Å². The van der Waals surface area contributed by atoms with Gasteiger partial charge in [-0.2, -0.15) is 0 Å². The molecule has 0 aliphatic heterocycles. The average Bonchev–Trinajstić information content (AvgIpc) is 2.58. The molecule has 0 aliphatic carbocycles. The van der Waals surface area contributed by atoms with Gasteiger partial charge in [-0.3, -0.25) is 4.57 Å². The van der Waals surface area contributed by atoms with Gasteiger partial charge in [-0.1, -0.05) is 37.3 Å². The quantitative estimate of drug-likeness (QED) is 0.815. The number of anilines is 1. The van der Waals surface area contributed by atoms with Gasteiger partial charge in [0, 0.05) is 0 Å². The molecule has 4 nitrogen and oxygen atoms in total. The van der Waals surface area contributed by atoms with Gasteiger partial charge in [0.15, 0.2) is 0 Å². The largest absolute Gasteiger partial charge is 0.384 e. The molecule has 3 N–H and O–H groups in total. The predicted octanol–water partition coefficient (Wildman–Crippen LogP) is 1.37. The summed E-state index contributed by atoms with van der Waals surface area (Å²) in [6, 6.07) is 9.80. The minimum absolute atomic E-state index is 0.141. The van der Waals surface area contributed by atoms with Crippen molar-refractivity contribution in [1.29, 1.82) is 0 Å². The van der Waals surface area contributed by atoms with Crippen molar-refractivity contribution < 1.29 is 0 Å². The predicted molar refractivity (Wildman–Crippen MR) is 64.4 cm³/mol. The maximum absolute atomic E-state index is 11.7. The van der Waals surface area contributed by atoms with Gasteiger partial charge in [0.1, 0.15) is 5.82 Å². The van der Waals surface area contributed by atoms with Crippen molar-refractivity contribution in [3.8, 4) is 0 Å². The van der Waals surface area contributed by atoms with Crippen LogP contribution in [0.25, 0.3) is 0 Å². The number of H-pyrrole nitrogens is 1. The standard InChI is InChI=1S/C12H15N3O/c1-2-10-11(13)15(12(16)14-10)8-9-6-4-3-5-7-9/h3-7H,2,8,13H2,1H3,(H,14,16). The molecule has 0 radical (unpaired) electrons. The summed E-state index contributed by atoms with van der Waals surface area (Å²) in [7, 11) is 0. The molecule has 0 aliphatic rings. The molecule has 0 saturated heterocycles. The van der Waals surface area contributed by atoms with E-state index in [0.29, 0.717) is 12.4 Å². The van der Waals surface area contributed by atoms with Gasteiger partial charge < -0.3 is 10.7 Å². The molecule has 0 amide bonds. The third kappa shape index (κ3) is 1.86. The van der Waals surface area contributed by atoms with Gasteiger partial charge in [0.05, 0.1) is 12.2 Å². The highest BCUT2D eigenvalue weighted by atomic mass is 16.1. The summed E-state index contributed by atoms with van der Waals surface area (Å²) in [6.45, 7) is 2.48. The summed E-state index contributed by atoms with van der Waals surface area (Å²) in [5, 5.41) is 0. The number of nitrogen functional groups attached to an aromatic ring is 1. The van der Waals surface area contributed by atoms with Crippen molar-refractivity contribution in [2.75, 3.05) is 5.73 Å². The number of imidazole rings is 1. The highest BCUT2D eigenvalue weighted by molar-refractivity contribution is 5.36. The fourth-order valence-electron chi connectivity index (χ4n) is 1.73. The third-order valence-electron chi connectivity index (χ3n) is 2.64. The number of hydrogen-bond acceptors (Lipinski definition) is 2. The minimum atomic E-state index is -0.141. The van der Waals surface area contributed by atoms with Crippen molar-refractivity contribution in [2.45, 2.75) is 19.9 Å². The highest BCUT2D eigenvalue weighted by Gasteiger charge is 2.09. The summed E-state index contributed by atoms with van der Waals surface area (Å²) < 4.78 is 1.56. The lowest BCUT2D eigenvalue weighted by Crippen LogP contribution is -2.19. The maximum atomic E-state index is 11.7. The second kappa shape index (κ2) is 4.26. The summed E-state index contributed by atoms with van der Waals surface area (Å²) in [6.07, 6.45) is 0.739. The van der Waals surface area contributed by atoms with E-state index < -0.39 is 0 Å². The van der Waals surface area contributed by atoms with E-state index >= 15 is 0 Å². The molecular weight excluding hydrogens is 202 g/mol. The molecule has 2 rings (SSSR count). The molecule has 0 atom stereocenters. The van der Waals surface area contributed by atoms with Gasteiger partial charge in [-0.05, 0) is 12.0 Å². The Hall–Kier alpha value is -1.97. The van der Waals surface area contributed by atoms with Crippen LogP contribution in [0.2, 0.25) is 0 Å². The SMILES string of the molecule is CCc1[nH]c(=O)n(Cc2ccccc2)c1N. The fourth-order valence-corrected chi connectivity index (χ4v) is 1.73. The van der Waals surface area contributed by atoms with Gasteiger partial charge in [-0.15, -0.1) is 0 Å². The van der Waals surface area contributed by atoms with Crippen LogP contribution < -0.4 is 11.4 Å². The zero-order valence-corrected chi connectivity index (χ0v) is 9.23. The van der Waals surface area contributed by atoms with E-state index in [-0.39, 0.29) is 5.69 Å². The first-order valence-corrected chi connectivity index (χ1v) is 5.33. The Labute approximate surface area is 93.7 Å². The first-order valence-electron chi connectivity index (χ1n) is 5.33.